The number of rotatable bonds is 7. The average Bonchev–Trinajstić information content (AvgIpc) is 3.44. The number of aromatic nitrogens is 4. The molecular formula is C22H19FN6O3. The van der Waals surface area contributed by atoms with Crippen LogP contribution >= 0.6 is 0 Å². The SMILES string of the molecule is Cn1ccc(C(=O)Nc2ccc(NC(=O)c3ccn(COc4ccc(F)cc4)n3)cc2)n1. The van der Waals surface area contributed by atoms with Gasteiger partial charge in [0.2, 0.25) is 0 Å². The summed E-state index contributed by atoms with van der Waals surface area (Å²) in [6.45, 7) is 0.0730. The van der Waals surface area contributed by atoms with E-state index in [1.54, 1.807) is 60.5 Å². The number of benzene rings is 2. The minimum Gasteiger partial charge on any atom is -0.471 e. The first kappa shape index (κ1) is 20.8. The van der Waals surface area contributed by atoms with Gasteiger partial charge >= 0.3 is 0 Å². The third-order valence-corrected chi connectivity index (χ3v) is 4.40. The second-order valence-corrected chi connectivity index (χ2v) is 6.83. The van der Waals surface area contributed by atoms with Gasteiger partial charge in [-0.25, -0.2) is 9.07 Å². The lowest BCUT2D eigenvalue weighted by Crippen LogP contribution is -2.15. The van der Waals surface area contributed by atoms with Crippen molar-refractivity contribution in [2.24, 2.45) is 7.05 Å². The number of nitrogens with zero attached hydrogens (tertiary/aromatic N) is 4. The largest absolute Gasteiger partial charge is 0.471 e. The molecule has 2 aromatic heterocycles. The fraction of sp³-hybridized carbons (Fsp3) is 0.0909. The topological polar surface area (TPSA) is 103 Å². The highest BCUT2D eigenvalue weighted by atomic mass is 19.1. The summed E-state index contributed by atoms with van der Waals surface area (Å²) in [5.74, 6) is -0.575. The summed E-state index contributed by atoms with van der Waals surface area (Å²) in [5, 5.41) is 13.7. The van der Waals surface area contributed by atoms with E-state index in [4.69, 9.17) is 4.74 Å². The Kier molecular flexibility index (Phi) is 5.93. The Hall–Kier alpha value is -4.47. The third kappa shape index (κ3) is 5.17. The van der Waals surface area contributed by atoms with Crippen LogP contribution in [-0.2, 0) is 13.8 Å². The number of carbonyl (C=O) groups excluding carboxylic acids is 2. The fourth-order valence-corrected chi connectivity index (χ4v) is 2.79. The van der Waals surface area contributed by atoms with E-state index < -0.39 is 5.91 Å². The summed E-state index contributed by atoms with van der Waals surface area (Å²) in [7, 11) is 1.73. The van der Waals surface area contributed by atoms with Gasteiger partial charge in [0.1, 0.15) is 11.6 Å². The molecule has 2 heterocycles. The summed E-state index contributed by atoms with van der Waals surface area (Å²) in [6.07, 6.45) is 3.29. The van der Waals surface area contributed by atoms with Crippen LogP contribution in [0.15, 0.2) is 73.1 Å². The van der Waals surface area contributed by atoms with Crippen LogP contribution in [0.2, 0.25) is 0 Å². The van der Waals surface area contributed by atoms with Crippen molar-refractivity contribution in [3.63, 3.8) is 0 Å². The molecule has 162 valence electrons. The Balaban J connectivity index is 1.30. The van der Waals surface area contributed by atoms with Crippen LogP contribution in [-0.4, -0.2) is 31.4 Å². The molecule has 0 unspecified atom stereocenters. The standard InChI is InChI=1S/C22H19FN6O3/c1-28-12-10-19(26-28)21(30)24-16-4-6-17(7-5-16)25-22(31)20-11-13-29(27-20)14-32-18-8-2-15(23)3-9-18/h2-13H,14H2,1H3,(H,24,30)(H,25,31). The second kappa shape index (κ2) is 9.13. The van der Waals surface area contributed by atoms with Crippen LogP contribution in [0.1, 0.15) is 21.0 Å². The zero-order chi connectivity index (χ0) is 22.5. The van der Waals surface area contributed by atoms with Crippen LogP contribution in [0.25, 0.3) is 0 Å². The highest BCUT2D eigenvalue weighted by molar-refractivity contribution is 6.04. The summed E-state index contributed by atoms with van der Waals surface area (Å²) in [5.41, 5.74) is 1.63. The molecule has 0 aliphatic carbocycles. The molecule has 9 nitrogen and oxygen atoms in total. The van der Waals surface area contributed by atoms with Gasteiger partial charge in [-0.05, 0) is 60.7 Å². The number of nitrogens with one attached hydrogen (secondary N) is 2. The van der Waals surface area contributed by atoms with Gasteiger partial charge < -0.3 is 15.4 Å². The van der Waals surface area contributed by atoms with Crippen LogP contribution in [0.4, 0.5) is 15.8 Å². The van der Waals surface area contributed by atoms with Gasteiger partial charge in [-0.15, -0.1) is 0 Å². The first-order valence-corrected chi connectivity index (χ1v) is 9.60. The van der Waals surface area contributed by atoms with E-state index in [0.717, 1.165) is 0 Å². The molecule has 4 aromatic rings. The number of anilines is 2. The number of halogens is 1. The van der Waals surface area contributed by atoms with E-state index >= 15 is 0 Å². The third-order valence-electron chi connectivity index (χ3n) is 4.40. The highest BCUT2D eigenvalue weighted by Crippen LogP contribution is 2.16. The lowest BCUT2D eigenvalue weighted by molar-refractivity contribution is 0.101. The smallest absolute Gasteiger partial charge is 0.276 e. The molecule has 0 saturated carbocycles. The molecule has 32 heavy (non-hydrogen) atoms. The van der Waals surface area contributed by atoms with E-state index in [2.05, 4.69) is 20.8 Å². The number of amides is 2. The van der Waals surface area contributed by atoms with Gasteiger partial charge in [0, 0.05) is 30.8 Å². The van der Waals surface area contributed by atoms with Gasteiger partial charge in [0.15, 0.2) is 18.1 Å². The predicted octanol–water partition coefficient (Wildman–Crippen LogP) is 3.30. The highest BCUT2D eigenvalue weighted by Gasteiger charge is 2.12. The van der Waals surface area contributed by atoms with Crippen molar-refractivity contribution < 1.29 is 18.7 Å². The molecule has 2 N–H and O–H groups in total. The Bertz CT molecular complexity index is 1230. The van der Waals surface area contributed by atoms with Gasteiger partial charge in [-0.2, -0.15) is 10.2 Å². The van der Waals surface area contributed by atoms with Crippen molar-refractivity contribution in [1.82, 2.24) is 19.6 Å². The maximum absolute atomic E-state index is 12.9. The Labute approximate surface area is 182 Å². The summed E-state index contributed by atoms with van der Waals surface area (Å²) in [4.78, 5) is 24.6. The molecule has 0 aliphatic heterocycles. The summed E-state index contributed by atoms with van der Waals surface area (Å²) in [6, 6.07) is 15.5. The monoisotopic (exact) mass is 434 g/mol. The molecule has 4 rings (SSSR count). The Morgan fingerprint density at radius 2 is 1.41 bits per heavy atom. The average molecular weight is 434 g/mol. The zero-order valence-electron chi connectivity index (χ0n) is 17.0. The van der Waals surface area contributed by atoms with Crippen molar-refractivity contribution in [1.29, 1.82) is 0 Å². The lowest BCUT2D eigenvalue weighted by Gasteiger charge is -2.07. The van der Waals surface area contributed by atoms with Gasteiger partial charge in [-0.1, -0.05) is 0 Å². The van der Waals surface area contributed by atoms with Crippen molar-refractivity contribution in [2.45, 2.75) is 6.73 Å². The molecule has 0 atom stereocenters. The number of hydrogen-bond donors (Lipinski definition) is 2. The zero-order valence-corrected chi connectivity index (χ0v) is 17.0. The Morgan fingerprint density at radius 3 is 1.97 bits per heavy atom. The van der Waals surface area contributed by atoms with E-state index in [9.17, 15) is 14.0 Å². The van der Waals surface area contributed by atoms with E-state index in [1.165, 1.54) is 28.9 Å². The van der Waals surface area contributed by atoms with Crippen LogP contribution in [0.3, 0.4) is 0 Å². The van der Waals surface area contributed by atoms with Gasteiger partial charge in [0.25, 0.3) is 11.8 Å². The number of aryl methyl sites for hydroxylation is 1. The molecule has 0 aliphatic rings. The number of ether oxygens (including phenoxy) is 1. The molecule has 0 spiro atoms. The maximum Gasteiger partial charge on any atom is 0.276 e. The number of carbonyl (C=O) groups is 2. The first-order valence-electron chi connectivity index (χ1n) is 9.60. The molecule has 10 heteroatoms. The molecule has 0 fully saturated rings. The van der Waals surface area contributed by atoms with Crippen LogP contribution in [0.5, 0.6) is 5.75 Å². The molecular weight excluding hydrogens is 415 g/mol. The quantitative estimate of drug-likeness (QED) is 0.465. The summed E-state index contributed by atoms with van der Waals surface area (Å²) >= 11 is 0. The minimum absolute atomic E-state index is 0.0730. The lowest BCUT2D eigenvalue weighted by atomic mass is 10.2. The van der Waals surface area contributed by atoms with Crippen molar-refractivity contribution in [3.05, 3.63) is 90.3 Å². The number of hydrogen-bond acceptors (Lipinski definition) is 5. The molecule has 0 bridgehead atoms. The van der Waals surface area contributed by atoms with Gasteiger partial charge in [0.05, 0.1) is 0 Å². The predicted molar refractivity (Wildman–Crippen MR) is 115 cm³/mol. The van der Waals surface area contributed by atoms with Crippen molar-refractivity contribution in [3.8, 4) is 5.75 Å². The Morgan fingerprint density at radius 1 is 0.844 bits per heavy atom. The first-order chi connectivity index (χ1) is 15.5. The molecule has 2 aromatic carbocycles. The van der Waals surface area contributed by atoms with E-state index in [-0.39, 0.29) is 24.1 Å². The van der Waals surface area contributed by atoms with Crippen molar-refractivity contribution >= 4 is 23.2 Å². The maximum atomic E-state index is 12.9. The second-order valence-electron chi connectivity index (χ2n) is 6.83. The van der Waals surface area contributed by atoms with E-state index in [0.29, 0.717) is 22.8 Å². The van der Waals surface area contributed by atoms with Gasteiger partial charge in [-0.3, -0.25) is 14.3 Å². The fourth-order valence-electron chi connectivity index (χ4n) is 2.79. The molecule has 0 radical (unpaired) electrons. The molecule has 2 amide bonds. The van der Waals surface area contributed by atoms with Crippen LogP contribution in [0, 0.1) is 5.82 Å². The van der Waals surface area contributed by atoms with E-state index in [1.807, 2.05) is 0 Å². The van der Waals surface area contributed by atoms with Crippen molar-refractivity contribution in [2.75, 3.05) is 10.6 Å². The normalized spacial score (nSPS) is 10.6. The molecule has 0 saturated heterocycles. The summed E-state index contributed by atoms with van der Waals surface area (Å²) < 4.78 is 21.4. The minimum atomic E-state index is -0.393. The van der Waals surface area contributed by atoms with Crippen LogP contribution < -0.4 is 15.4 Å².